The minimum Gasteiger partial charge on any atom is -0.366 e. The first-order chi connectivity index (χ1) is 14.6. The molecule has 5 rings (SSSR count). The number of fused-ring (bicyclic) bond motifs is 2. The number of aromatic nitrogens is 4. The highest BCUT2D eigenvalue weighted by atomic mass is 16.1. The number of benzene rings is 1. The Balaban J connectivity index is 1.59. The van der Waals surface area contributed by atoms with Gasteiger partial charge in [0.2, 0.25) is 0 Å². The number of anilines is 3. The molecule has 4 aromatic rings. The van der Waals surface area contributed by atoms with Gasteiger partial charge in [0.1, 0.15) is 11.6 Å². The van der Waals surface area contributed by atoms with Crippen molar-refractivity contribution < 1.29 is 0 Å². The zero-order chi connectivity index (χ0) is 20.7. The summed E-state index contributed by atoms with van der Waals surface area (Å²) in [7, 11) is 0. The molecule has 8 nitrogen and oxygen atoms in total. The summed E-state index contributed by atoms with van der Waals surface area (Å²) in [6.07, 6.45) is 7.95. The van der Waals surface area contributed by atoms with Gasteiger partial charge in [-0.1, -0.05) is 25.0 Å². The molecule has 0 spiro atoms. The van der Waals surface area contributed by atoms with Crippen LogP contribution in [-0.4, -0.2) is 32.2 Å². The maximum absolute atomic E-state index is 12.6. The summed E-state index contributed by atoms with van der Waals surface area (Å²) < 4.78 is 0. The lowest BCUT2D eigenvalue weighted by molar-refractivity contribution is 0.403. The quantitative estimate of drug-likeness (QED) is 0.355. The van der Waals surface area contributed by atoms with E-state index in [0.29, 0.717) is 17.0 Å². The number of nitrogens with zero attached hydrogens (tertiary/aromatic N) is 2. The summed E-state index contributed by atoms with van der Waals surface area (Å²) in [5, 5.41) is 15.7. The molecule has 0 bridgehead atoms. The first-order valence-electron chi connectivity index (χ1n) is 10.3. The van der Waals surface area contributed by atoms with E-state index < -0.39 is 0 Å². The van der Waals surface area contributed by atoms with Crippen LogP contribution in [0, 0.1) is 6.92 Å². The molecule has 1 aliphatic rings. The Labute approximate surface area is 173 Å². The Hall–Kier alpha value is -3.39. The number of aromatic amines is 2. The standard InChI is InChI=1S/C22H25N7O/c1-12-10-24-20-14(12)5-4-8-17(20)27-21-19-13(11-25-29-22(19)30)9-18(28-21)26-16-7-3-2-6-15(16)23/h4-5,8-11,15-16,24H,2-3,6-7,23H2,1H3,(H,29,30)(H2,26,27,28). The lowest BCUT2D eigenvalue weighted by Gasteiger charge is -2.30. The number of H-pyrrole nitrogens is 2. The summed E-state index contributed by atoms with van der Waals surface area (Å²) in [5.41, 5.74) is 9.03. The second-order valence-electron chi connectivity index (χ2n) is 8.04. The summed E-state index contributed by atoms with van der Waals surface area (Å²) >= 11 is 0. The van der Waals surface area contributed by atoms with E-state index in [1.165, 1.54) is 0 Å². The predicted octanol–water partition coefficient (Wildman–Crippen LogP) is 3.53. The normalized spacial score (nSPS) is 19.3. The molecule has 1 aliphatic carbocycles. The van der Waals surface area contributed by atoms with Gasteiger partial charge in [-0.05, 0) is 37.5 Å². The second-order valence-corrected chi connectivity index (χ2v) is 8.04. The molecule has 0 saturated heterocycles. The molecule has 1 saturated carbocycles. The van der Waals surface area contributed by atoms with E-state index in [4.69, 9.17) is 10.7 Å². The van der Waals surface area contributed by atoms with Crippen LogP contribution >= 0.6 is 0 Å². The SMILES string of the molecule is Cc1c[nH]c2c(Nc3nc(NC4CCCCC4N)cc4cn[nH]c(=O)c34)cccc12. The monoisotopic (exact) mass is 403 g/mol. The Bertz CT molecular complexity index is 1280. The fourth-order valence-corrected chi connectivity index (χ4v) is 4.34. The molecule has 3 heterocycles. The highest BCUT2D eigenvalue weighted by molar-refractivity contribution is 5.99. The zero-order valence-electron chi connectivity index (χ0n) is 16.8. The second kappa shape index (κ2) is 7.46. The van der Waals surface area contributed by atoms with Crippen LogP contribution in [0.3, 0.4) is 0 Å². The molecule has 8 heteroatoms. The molecular weight excluding hydrogens is 378 g/mol. The van der Waals surface area contributed by atoms with Crippen molar-refractivity contribution in [3.63, 3.8) is 0 Å². The number of pyridine rings is 1. The van der Waals surface area contributed by atoms with Gasteiger partial charge in [0.05, 0.1) is 22.8 Å². The lowest BCUT2D eigenvalue weighted by atomic mass is 9.91. The minimum absolute atomic E-state index is 0.0978. The van der Waals surface area contributed by atoms with Crippen LogP contribution in [0.15, 0.2) is 41.5 Å². The molecule has 0 aliphatic heterocycles. The van der Waals surface area contributed by atoms with Crippen LogP contribution in [0.2, 0.25) is 0 Å². The first-order valence-corrected chi connectivity index (χ1v) is 10.3. The molecule has 2 atom stereocenters. The van der Waals surface area contributed by atoms with Gasteiger partial charge in [-0.25, -0.2) is 10.1 Å². The average molecular weight is 403 g/mol. The zero-order valence-corrected chi connectivity index (χ0v) is 16.8. The topological polar surface area (TPSA) is 125 Å². The van der Waals surface area contributed by atoms with Crippen molar-refractivity contribution in [1.29, 1.82) is 0 Å². The van der Waals surface area contributed by atoms with Crippen molar-refractivity contribution >= 4 is 39.0 Å². The number of para-hydroxylation sites is 1. The van der Waals surface area contributed by atoms with E-state index >= 15 is 0 Å². The van der Waals surface area contributed by atoms with Gasteiger partial charge in [-0.3, -0.25) is 4.79 Å². The smallest absolute Gasteiger partial charge is 0.275 e. The summed E-state index contributed by atoms with van der Waals surface area (Å²) in [6.45, 7) is 2.06. The summed E-state index contributed by atoms with van der Waals surface area (Å²) in [5.74, 6) is 1.18. The number of nitrogens with two attached hydrogens (primary N) is 1. The van der Waals surface area contributed by atoms with Crippen LogP contribution in [0.5, 0.6) is 0 Å². The van der Waals surface area contributed by atoms with E-state index in [1.54, 1.807) is 6.20 Å². The third-order valence-corrected chi connectivity index (χ3v) is 5.97. The van der Waals surface area contributed by atoms with E-state index in [0.717, 1.165) is 53.2 Å². The molecular formula is C22H25N7O. The molecule has 0 amide bonds. The van der Waals surface area contributed by atoms with Crippen molar-refractivity contribution in [2.75, 3.05) is 10.6 Å². The van der Waals surface area contributed by atoms with E-state index in [9.17, 15) is 4.79 Å². The van der Waals surface area contributed by atoms with Crippen LogP contribution in [-0.2, 0) is 0 Å². The Morgan fingerprint density at radius 1 is 1.23 bits per heavy atom. The molecule has 30 heavy (non-hydrogen) atoms. The predicted molar refractivity (Wildman–Crippen MR) is 120 cm³/mol. The maximum Gasteiger partial charge on any atom is 0.275 e. The minimum atomic E-state index is -0.279. The summed E-state index contributed by atoms with van der Waals surface area (Å²) in [4.78, 5) is 20.6. The van der Waals surface area contributed by atoms with Gasteiger partial charge in [-0.2, -0.15) is 5.10 Å². The lowest BCUT2D eigenvalue weighted by Crippen LogP contribution is -2.42. The average Bonchev–Trinajstić information content (AvgIpc) is 3.12. The Morgan fingerprint density at radius 3 is 2.97 bits per heavy atom. The Morgan fingerprint density at radius 2 is 2.10 bits per heavy atom. The highest BCUT2D eigenvalue weighted by Gasteiger charge is 2.22. The van der Waals surface area contributed by atoms with Crippen molar-refractivity contribution in [3.8, 4) is 0 Å². The van der Waals surface area contributed by atoms with Crippen LogP contribution in [0.25, 0.3) is 21.7 Å². The first kappa shape index (κ1) is 18.6. The number of nitrogens with one attached hydrogen (secondary N) is 4. The summed E-state index contributed by atoms with van der Waals surface area (Å²) in [6, 6.07) is 8.16. The number of hydrogen-bond donors (Lipinski definition) is 5. The molecule has 3 aromatic heterocycles. The van der Waals surface area contributed by atoms with Gasteiger partial charge in [0.15, 0.2) is 0 Å². The van der Waals surface area contributed by atoms with Crippen molar-refractivity contribution in [2.45, 2.75) is 44.7 Å². The molecule has 1 aromatic carbocycles. The largest absolute Gasteiger partial charge is 0.366 e. The van der Waals surface area contributed by atoms with E-state index in [1.807, 2.05) is 24.4 Å². The van der Waals surface area contributed by atoms with Gasteiger partial charge in [0.25, 0.3) is 5.56 Å². The van der Waals surface area contributed by atoms with Crippen molar-refractivity contribution in [3.05, 3.63) is 52.6 Å². The molecule has 154 valence electrons. The third-order valence-electron chi connectivity index (χ3n) is 5.97. The van der Waals surface area contributed by atoms with Crippen LogP contribution in [0.4, 0.5) is 17.3 Å². The number of aryl methyl sites for hydroxylation is 1. The third kappa shape index (κ3) is 3.29. The van der Waals surface area contributed by atoms with Crippen molar-refractivity contribution in [2.24, 2.45) is 5.73 Å². The van der Waals surface area contributed by atoms with Crippen molar-refractivity contribution in [1.82, 2.24) is 20.2 Å². The van der Waals surface area contributed by atoms with Crippen LogP contribution in [0.1, 0.15) is 31.2 Å². The van der Waals surface area contributed by atoms with E-state index in [-0.39, 0.29) is 17.6 Å². The highest BCUT2D eigenvalue weighted by Crippen LogP contribution is 2.30. The number of rotatable bonds is 4. The fourth-order valence-electron chi connectivity index (χ4n) is 4.34. The molecule has 1 fully saturated rings. The maximum atomic E-state index is 12.6. The van der Waals surface area contributed by atoms with Gasteiger partial charge in [0, 0.05) is 29.1 Å². The molecule has 6 N–H and O–H groups in total. The van der Waals surface area contributed by atoms with E-state index in [2.05, 4.69) is 38.8 Å². The molecule has 2 unspecified atom stereocenters. The fraction of sp³-hybridized carbons (Fsp3) is 0.318. The Kier molecular flexibility index (Phi) is 4.63. The van der Waals surface area contributed by atoms with Gasteiger partial charge >= 0.3 is 0 Å². The van der Waals surface area contributed by atoms with Crippen LogP contribution < -0.4 is 21.9 Å². The molecule has 0 radical (unpaired) electrons. The van der Waals surface area contributed by atoms with Gasteiger partial charge in [-0.15, -0.1) is 0 Å². The van der Waals surface area contributed by atoms with Gasteiger partial charge < -0.3 is 21.4 Å². The number of hydrogen-bond acceptors (Lipinski definition) is 6.